The first-order chi connectivity index (χ1) is 13.3. The highest BCUT2D eigenvalue weighted by atomic mass is 35.5. The van der Waals surface area contributed by atoms with Crippen LogP contribution in [0.25, 0.3) is 11.4 Å². The number of alkyl halides is 3. The number of hydrogen-bond donors (Lipinski definition) is 1. The Hall–Kier alpha value is -2.65. The van der Waals surface area contributed by atoms with Crippen molar-refractivity contribution in [3.8, 4) is 11.4 Å². The molecule has 3 aromatic rings. The predicted molar refractivity (Wildman–Crippen MR) is 96.5 cm³/mol. The van der Waals surface area contributed by atoms with Gasteiger partial charge in [-0.25, -0.2) is 15.0 Å². The Morgan fingerprint density at radius 1 is 1.14 bits per heavy atom. The third kappa shape index (κ3) is 3.67. The molecule has 0 aliphatic carbocycles. The van der Waals surface area contributed by atoms with Crippen LogP contribution in [0.5, 0.6) is 0 Å². The van der Waals surface area contributed by atoms with Crippen LogP contribution >= 0.6 is 11.6 Å². The number of imidazole rings is 1. The summed E-state index contributed by atoms with van der Waals surface area (Å²) in [6.07, 6.45) is -3.49. The monoisotopic (exact) mass is 409 g/mol. The molecule has 0 radical (unpaired) electrons. The van der Waals surface area contributed by atoms with Gasteiger partial charge in [0.1, 0.15) is 11.6 Å². The van der Waals surface area contributed by atoms with Crippen molar-refractivity contribution in [3.63, 3.8) is 0 Å². The second kappa shape index (κ2) is 7.06. The van der Waals surface area contributed by atoms with Gasteiger partial charge in [-0.05, 0) is 17.2 Å². The molecule has 3 heterocycles. The van der Waals surface area contributed by atoms with E-state index in [1.54, 1.807) is 12.1 Å². The van der Waals surface area contributed by atoms with Gasteiger partial charge in [0.05, 0.1) is 18.9 Å². The van der Waals surface area contributed by atoms with Crippen molar-refractivity contribution in [1.29, 1.82) is 0 Å². The number of fused-ring (bicyclic) bond motifs is 1. The number of aromatic nitrogens is 4. The lowest BCUT2D eigenvalue weighted by Crippen LogP contribution is -2.06. The molecule has 146 valence electrons. The molecule has 4 rings (SSSR count). The van der Waals surface area contributed by atoms with E-state index < -0.39 is 11.9 Å². The first-order valence-corrected chi connectivity index (χ1v) is 8.76. The molecule has 28 heavy (non-hydrogen) atoms. The summed E-state index contributed by atoms with van der Waals surface area (Å²) in [4.78, 5) is 12.0. The Labute approximate surface area is 163 Å². The number of benzene rings is 1. The minimum atomic E-state index is -4.47. The minimum Gasteiger partial charge on any atom is -0.370 e. The first kappa shape index (κ1) is 18.7. The van der Waals surface area contributed by atoms with E-state index in [1.807, 2.05) is 12.1 Å². The molecular formula is C18H15ClF3N5O. The molecule has 0 amide bonds. The van der Waals surface area contributed by atoms with Gasteiger partial charge in [-0.15, -0.1) is 0 Å². The summed E-state index contributed by atoms with van der Waals surface area (Å²) in [5, 5.41) is 3.36. The highest BCUT2D eigenvalue weighted by Crippen LogP contribution is 2.31. The number of ether oxygens (including phenoxy) is 1. The molecule has 1 aliphatic heterocycles. The van der Waals surface area contributed by atoms with E-state index >= 15 is 0 Å². The number of hydrogen-bond acceptors (Lipinski definition) is 5. The quantitative estimate of drug-likeness (QED) is 0.654. The number of halogens is 4. The highest BCUT2D eigenvalue weighted by Gasteiger charge is 2.34. The number of nitrogens with zero attached hydrogens (tertiary/aromatic N) is 4. The van der Waals surface area contributed by atoms with Gasteiger partial charge in [0.15, 0.2) is 5.69 Å². The van der Waals surface area contributed by atoms with Crippen LogP contribution in [0.2, 0.25) is 5.28 Å². The summed E-state index contributed by atoms with van der Waals surface area (Å²) >= 11 is 5.94. The molecule has 6 nitrogen and oxygen atoms in total. The molecule has 0 fully saturated rings. The van der Waals surface area contributed by atoms with Gasteiger partial charge in [0.2, 0.25) is 5.28 Å². The summed E-state index contributed by atoms with van der Waals surface area (Å²) < 4.78 is 45.2. The molecule has 0 atom stereocenters. The standard InChI is InChI=1S/C18H15ClF3N5O/c1-27-7-14(18(20,21)22)25-16(27)11-4-2-10(3-5-11)6-23-15-12-8-28-9-13(12)24-17(19)26-15/h2-5,7H,6,8-9H2,1H3,(H,23,24,26). The van der Waals surface area contributed by atoms with E-state index in [0.29, 0.717) is 31.1 Å². The fourth-order valence-corrected chi connectivity index (χ4v) is 3.18. The molecule has 0 bridgehead atoms. The Kier molecular flexibility index (Phi) is 4.72. The Morgan fingerprint density at radius 3 is 2.57 bits per heavy atom. The van der Waals surface area contributed by atoms with Gasteiger partial charge < -0.3 is 14.6 Å². The summed E-state index contributed by atoms with van der Waals surface area (Å²) in [6, 6.07) is 7.12. The number of nitrogens with one attached hydrogen (secondary N) is 1. The third-order valence-electron chi connectivity index (χ3n) is 4.39. The van der Waals surface area contributed by atoms with Crippen molar-refractivity contribution in [1.82, 2.24) is 19.5 Å². The highest BCUT2D eigenvalue weighted by molar-refractivity contribution is 6.28. The van der Waals surface area contributed by atoms with E-state index in [1.165, 1.54) is 11.6 Å². The number of rotatable bonds is 4. The van der Waals surface area contributed by atoms with Crippen LogP contribution in [0.4, 0.5) is 19.0 Å². The van der Waals surface area contributed by atoms with Crippen LogP contribution in [0.3, 0.4) is 0 Å². The van der Waals surface area contributed by atoms with Crippen LogP contribution in [0.1, 0.15) is 22.5 Å². The molecule has 0 saturated heterocycles. The van der Waals surface area contributed by atoms with E-state index in [9.17, 15) is 13.2 Å². The molecule has 1 N–H and O–H groups in total. The van der Waals surface area contributed by atoms with Gasteiger partial charge >= 0.3 is 6.18 Å². The Bertz CT molecular complexity index is 1020. The van der Waals surface area contributed by atoms with Crippen LogP contribution < -0.4 is 5.32 Å². The minimum absolute atomic E-state index is 0.150. The first-order valence-electron chi connectivity index (χ1n) is 8.38. The second-order valence-corrected chi connectivity index (χ2v) is 6.71. The lowest BCUT2D eigenvalue weighted by Gasteiger charge is -2.10. The zero-order valence-corrected chi connectivity index (χ0v) is 15.5. The fraction of sp³-hybridized carbons (Fsp3) is 0.278. The molecule has 0 spiro atoms. The van der Waals surface area contributed by atoms with Gasteiger partial charge in [-0.1, -0.05) is 24.3 Å². The maximum atomic E-state index is 12.8. The summed E-state index contributed by atoms with van der Waals surface area (Å²) in [6.45, 7) is 1.30. The van der Waals surface area contributed by atoms with Crippen LogP contribution in [-0.4, -0.2) is 19.5 Å². The predicted octanol–water partition coefficient (Wildman–Crippen LogP) is 4.19. The average Bonchev–Trinajstić information content (AvgIpc) is 3.26. The second-order valence-electron chi connectivity index (χ2n) is 6.37. The molecule has 2 aromatic heterocycles. The van der Waals surface area contributed by atoms with Gasteiger partial charge in [0.25, 0.3) is 0 Å². The topological polar surface area (TPSA) is 64.9 Å². The van der Waals surface area contributed by atoms with E-state index in [4.69, 9.17) is 16.3 Å². The van der Waals surface area contributed by atoms with Crippen molar-refractivity contribution < 1.29 is 17.9 Å². The Balaban J connectivity index is 1.50. The smallest absolute Gasteiger partial charge is 0.370 e. The third-order valence-corrected chi connectivity index (χ3v) is 4.56. The maximum Gasteiger partial charge on any atom is 0.434 e. The zero-order chi connectivity index (χ0) is 19.9. The van der Waals surface area contributed by atoms with Crippen molar-refractivity contribution in [2.45, 2.75) is 25.9 Å². The fourth-order valence-electron chi connectivity index (χ4n) is 3.00. The lowest BCUT2D eigenvalue weighted by molar-refractivity contribution is -0.140. The van der Waals surface area contributed by atoms with Gasteiger partial charge in [0, 0.05) is 30.9 Å². The zero-order valence-electron chi connectivity index (χ0n) is 14.7. The van der Waals surface area contributed by atoms with Crippen LogP contribution in [0, 0.1) is 0 Å². The average molecular weight is 410 g/mol. The number of anilines is 1. The Morgan fingerprint density at radius 2 is 1.89 bits per heavy atom. The summed E-state index contributed by atoms with van der Waals surface area (Å²) in [7, 11) is 1.54. The van der Waals surface area contributed by atoms with Gasteiger partial charge in [-0.2, -0.15) is 13.2 Å². The lowest BCUT2D eigenvalue weighted by atomic mass is 10.1. The summed E-state index contributed by atoms with van der Waals surface area (Å²) in [5.41, 5.74) is 2.27. The molecule has 0 saturated carbocycles. The normalized spacial score (nSPS) is 13.6. The van der Waals surface area contributed by atoms with Gasteiger partial charge in [-0.3, -0.25) is 0 Å². The van der Waals surface area contributed by atoms with E-state index in [2.05, 4.69) is 20.3 Å². The molecule has 10 heteroatoms. The summed E-state index contributed by atoms with van der Waals surface area (Å²) in [5.74, 6) is 0.875. The molecule has 1 aromatic carbocycles. The molecular weight excluding hydrogens is 395 g/mol. The van der Waals surface area contributed by atoms with Crippen LogP contribution in [-0.2, 0) is 37.7 Å². The van der Waals surface area contributed by atoms with Crippen LogP contribution in [0.15, 0.2) is 30.5 Å². The molecule has 0 unspecified atom stereocenters. The largest absolute Gasteiger partial charge is 0.434 e. The number of aryl methyl sites for hydroxylation is 1. The maximum absolute atomic E-state index is 12.8. The van der Waals surface area contributed by atoms with Crippen molar-refractivity contribution in [3.05, 3.63) is 58.3 Å². The van der Waals surface area contributed by atoms with Crippen molar-refractivity contribution in [2.75, 3.05) is 5.32 Å². The SMILES string of the molecule is Cn1cc(C(F)(F)F)nc1-c1ccc(CNc2nc(Cl)nc3c2COC3)cc1. The van der Waals surface area contributed by atoms with E-state index in [0.717, 1.165) is 23.0 Å². The van der Waals surface area contributed by atoms with Crippen molar-refractivity contribution in [2.24, 2.45) is 7.05 Å². The molecule has 1 aliphatic rings. The van der Waals surface area contributed by atoms with Crippen molar-refractivity contribution >= 4 is 17.4 Å². The van der Waals surface area contributed by atoms with E-state index in [-0.39, 0.29) is 11.1 Å².